The molecule has 14 heavy (non-hydrogen) atoms. The largest absolute Gasteiger partial charge is 0.303 e. The molecule has 1 aromatic heterocycles. The Hall–Kier alpha value is -1.16. The molecule has 0 aromatic carbocycles. The number of carbonyl (C=O) groups is 1. The Morgan fingerprint density at radius 2 is 2.36 bits per heavy atom. The summed E-state index contributed by atoms with van der Waals surface area (Å²) in [4.78, 5) is 26.2. The monoisotopic (exact) mass is 212 g/mol. The van der Waals surface area contributed by atoms with Crippen molar-refractivity contribution < 1.29 is 4.79 Å². The van der Waals surface area contributed by atoms with Crippen LogP contribution in [0.5, 0.6) is 0 Å². The lowest BCUT2D eigenvalue weighted by Gasteiger charge is -2.05. The van der Waals surface area contributed by atoms with Crippen LogP contribution in [0.3, 0.4) is 0 Å². The number of carbonyl (C=O) groups excluding carboxylic acids is 1. The summed E-state index contributed by atoms with van der Waals surface area (Å²) in [5.74, 6) is 0.731. The van der Waals surface area contributed by atoms with Crippen LogP contribution in [0.1, 0.15) is 17.8 Å². The Balaban J connectivity index is 2.62. The van der Waals surface area contributed by atoms with E-state index >= 15 is 0 Å². The first-order valence-electron chi connectivity index (χ1n) is 4.45. The highest BCUT2D eigenvalue weighted by Gasteiger charge is 2.18. The third-order valence-electron chi connectivity index (χ3n) is 2.36. The van der Waals surface area contributed by atoms with Gasteiger partial charge in [0, 0.05) is 19.4 Å². The molecule has 0 amide bonds. The zero-order valence-electron chi connectivity index (χ0n) is 7.49. The maximum atomic E-state index is 11.8. The van der Waals surface area contributed by atoms with Gasteiger partial charge in [-0.05, 0) is 6.42 Å². The predicted molar refractivity (Wildman–Crippen MR) is 51.6 cm³/mol. The van der Waals surface area contributed by atoms with E-state index in [2.05, 4.69) is 4.98 Å². The van der Waals surface area contributed by atoms with E-state index in [1.54, 1.807) is 4.57 Å². The molecule has 0 atom stereocenters. The van der Waals surface area contributed by atoms with Crippen LogP contribution in [-0.4, -0.2) is 15.8 Å². The van der Waals surface area contributed by atoms with Crippen molar-refractivity contribution in [3.8, 4) is 0 Å². The first-order chi connectivity index (χ1) is 6.74. The molecule has 1 aliphatic rings. The average molecular weight is 213 g/mol. The third kappa shape index (κ3) is 1.35. The third-order valence-corrected chi connectivity index (χ3v) is 2.67. The average Bonchev–Trinajstić information content (AvgIpc) is 2.60. The molecule has 5 heteroatoms. The van der Waals surface area contributed by atoms with Gasteiger partial charge in [-0.1, -0.05) is 11.6 Å². The van der Waals surface area contributed by atoms with Gasteiger partial charge in [-0.15, -0.1) is 0 Å². The second-order valence-corrected chi connectivity index (χ2v) is 3.59. The summed E-state index contributed by atoms with van der Waals surface area (Å²) in [6.45, 7) is 0.685. The fourth-order valence-corrected chi connectivity index (χ4v) is 1.94. The topological polar surface area (TPSA) is 52.0 Å². The standard InChI is InChI=1S/C9H9ClN2O2/c10-8-6(3-5-13)9(14)12-4-1-2-7(12)11-8/h5H,1-4H2. The van der Waals surface area contributed by atoms with E-state index in [4.69, 9.17) is 11.6 Å². The zero-order valence-corrected chi connectivity index (χ0v) is 8.25. The van der Waals surface area contributed by atoms with Crippen molar-refractivity contribution in [2.75, 3.05) is 0 Å². The van der Waals surface area contributed by atoms with Gasteiger partial charge in [0.05, 0.1) is 5.56 Å². The Morgan fingerprint density at radius 1 is 1.57 bits per heavy atom. The summed E-state index contributed by atoms with van der Waals surface area (Å²) in [6.07, 6.45) is 2.43. The second kappa shape index (κ2) is 3.53. The molecule has 0 bridgehead atoms. The van der Waals surface area contributed by atoms with E-state index < -0.39 is 0 Å². The van der Waals surface area contributed by atoms with Crippen molar-refractivity contribution in [1.29, 1.82) is 0 Å². The first kappa shape index (κ1) is 9.40. The van der Waals surface area contributed by atoms with Crippen molar-refractivity contribution in [2.24, 2.45) is 0 Å². The number of nitrogens with zero attached hydrogens (tertiary/aromatic N) is 2. The van der Waals surface area contributed by atoms with Crippen molar-refractivity contribution >= 4 is 17.9 Å². The quantitative estimate of drug-likeness (QED) is 0.533. The number of hydrogen-bond acceptors (Lipinski definition) is 3. The Kier molecular flexibility index (Phi) is 2.37. The van der Waals surface area contributed by atoms with Crippen LogP contribution in [0.2, 0.25) is 5.15 Å². The lowest BCUT2D eigenvalue weighted by Crippen LogP contribution is -2.25. The first-order valence-corrected chi connectivity index (χ1v) is 4.83. The second-order valence-electron chi connectivity index (χ2n) is 3.23. The fourth-order valence-electron chi connectivity index (χ4n) is 1.68. The summed E-state index contributed by atoms with van der Waals surface area (Å²) >= 11 is 5.81. The van der Waals surface area contributed by atoms with Gasteiger partial charge in [0.2, 0.25) is 0 Å². The maximum absolute atomic E-state index is 11.8. The molecule has 0 radical (unpaired) electrons. The number of aldehydes is 1. The van der Waals surface area contributed by atoms with Crippen molar-refractivity contribution in [3.63, 3.8) is 0 Å². The van der Waals surface area contributed by atoms with Gasteiger partial charge in [0.15, 0.2) is 0 Å². The Morgan fingerprint density at radius 3 is 3.07 bits per heavy atom. The number of hydrogen-bond donors (Lipinski definition) is 0. The summed E-state index contributed by atoms with van der Waals surface area (Å²) in [5.41, 5.74) is 0.150. The Bertz CT molecular complexity index is 439. The molecule has 0 fully saturated rings. The number of aryl methyl sites for hydroxylation is 1. The SMILES string of the molecule is O=CCc1c(Cl)nc2n(c1=O)CCC2. The molecule has 0 saturated carbocycles. The highest BCUT2D eigenvalue weighted by Crippen LogP contribution is 2.15. The number of rotatable bonds is 2. The molecule has 0 aliphatic carbocycles. The molecule has 0 N–H and O–H groups in total. The summed E-state index contributed by atoms with van der Waals surface area (Å²) in [5, 5.41) is 0.176. The van der Waals surface area contributed by atoms with Crippen LogP contribution < -0.4 is 5.56 Å². The van der Waals surface area contributed by atoms with E-state index in [1.165, 1.54) is 0 Å². The Labute approximate surface area is 85.5 Å². The van der Waals surface area contributed by atoms with Crippen LogP contribution in [0, 0.1) is 0 Å². The molecule has 0 saturated heterocycles. The van der Waals surface area contributed by atoms with Gasteiger partial charge in [-0.3, -0.25) is 9.36 Å². The molecule has 0 spiro atoms. The fraction of sp³-hybridized carbons (Fsp3) is 0.444. The summed E-state index contributed by atoms with van der Waals surface area (Å²) in [6, 6.07) is 0. The van der Waals surface area contributed by atoms with Crippen molar-refractivity contribution in [1.82, 2.24) is 9.55 Å². The molecular weight excluding hydrogens is 204 g/mol. The van der Waals surface area contributed by atoms with Crippen LogP contribution in [-0.2, 0) is 24.2 Å². The molecule has 2 rings (SSSR count). The molecular formula is C9H9ClN2O2. The molecule has 74 valence electrons. The minimum absolute atomic E-state index is 0.0466. The predicted octanol–water partition coefficient (Wildman–Crippen LogP) is 0.584. The summed E-state index contributed by atoms with van der Waals surface area (Å²) < 4.78 is 1.60. The molecule has 1 aliphatic heterocycles. The highest BCUT2D eigenvalue weighted by molar-refractivity contribution is 6.30. The molecule has 4 nitrogen and oxygen atoms in total. The van der Waals surface area contributed by atoms with E-state index in [9.17, 15) is 9.59 Å². The van der Waals surface area contributed by atoms with E-state index in [0.29, 0.717) is 18.4 Å². The molecule has 1 aromatic rings. The summed E-state index contributed by atoms with van der Waals surface area (Å²) in [7, 11) is 0. The molecule has 2 heterocycles. The number of aromatic nitrogens is 2. The van der Waals surface area contributed by atoms with E-state index in [1.807, 2.05) is 0 Å². The van der Waals surface area contributed by atoms with Crippen LogP contribution >= 0.6 is 11.6 Å². The highest BCUT2D eigenvalue weighted by atomic mass is 35.5. The van der Waals surface area contributed by atoms with E-state index in [0.717, 1.165) is 18.7 Å². The van der Waals surface area contributed by atoms with Crippen LogP contribution in [0.15, 0.2) is 4.79 Å². The normalized spacial score (nSPS) is 14.1. The van der Waals surface area contributed by atoms with Crippen LogP contribution in [0.25, 0.3) is 0 Å². The van der Waals surface area contributed by atoms with Crippen LogP contribution in [0.4, 0.5) is 0 Å². The lowest BCUT2D eigenvalue weighted by atomic mass is 10.2. The van der Waals surface area contributed by atoms with Crippen molar-refractivity contribution in [2.45, 2.75) is 25.8 Å². The lowest BCUT2D eigenvalue weighted by molar-refractivity contribution is -0.107. The van der Waals surface area contributed by atoms with Gasteiger partial charge in [-0.25, -0.2) is 4.98 Å². The minimum atomic E-state index is -0.162. The van der Waals surface area contributed by atoms with Crippen molar-refractivity contribution in [3.05, 3.63) is 26.9 Å². The van der Waals surface area contributed by atoms with Gasteiger partial charge in [0.25, 0.3) is 5.56 Å². The maximum Gasteiger partial charge on any atom is 0.258 e. The number of halogens is 1. The minimum Gasteiger partial charge on any atom is -0.303 e. The van der Waals surface area contributed by atoms with Gasteiger partial charge in [0.1, 0.15) is 17.3 Å². The zero-order chi connectivity index (χ0) is 10.1. The number of fused-ring (bicyclic) bond motifs is 1. The van der Waals surface area contributed by atoms with Gasteiger partial charge in [-0.2, -0.15) is 0 Å². The molecule has 0 unspecified atom stereocenters. The van der Waals surface area contributed by atoms with Gasteiger partial charge < -0.3 is 4.79 Å². The van der Waals surface area contributed by atoms with E-state index in [-0.39, 0.29) is 17.1 Å². The van der Waals surface area contributed by atoms with Gasteiger partial charge >= 0.3 is 0 Å². The smallest absolute Gasteiger partial charge is 0.258 e.